The summed E-state index contributed by atoms with van der Waals surface area (Å²) in [5.74, 6) is 1.88. The normalized spacial score (nSPS) is 14.3. The Bertz CT molecular complexity index is 474. The number of nitrogens with zero attached hydrogens (tertiary/aromatic N) is 2. The van der Waals surface area contributed by atoms with E-state index in [1.807, 2.05) is 13.8 Å². The predicted molar refractivity (Wildman–Crippen MR) is 75.4 cm³/mol. The summed E-state index contributed by atoms with van der Waals surface area (Å²) in [5.41, 5.74) is 0.840. The number of rotatable bonds is 6. The molecule has 6 heteroatoms. The Hall–Kier alpha value is -1.36. The lowest BCUT2D eigenvalue weighted by Crippen LogP contribution is -2.30. The highest BCUT2D eigenvalue weighted by molar-refractivity contribution is 6.30. The number of carbonyl (C=O) groups is 1. The Morgan fingerprint density at radius 2 is 2.11 bits per heavy atom. The van der Waals surface area contributed by atoms with E-state index in [2.05, 4.69) is 20.6 Å². The molecule has 19 heavy (non-hydrogen) atoms. The van der Waals surface area contributed by atoms with Crippen LogP contribution in [0.4, 0.5) is 5.82 Å². The number of halogens is 1. The third-order valence-corrected chi connectivity index (χ3v) is 3.48. The first-order valence-corrected chi connectivity index (χ1v) is 7.04. The topological polar surface area (TPSA) is 66.9 Å². The van der Waals surface area contributed by atoms with Gasteiger partial charge in [-0.25, -0.2) is 9.97 Å². The maximum absolute atomic E-state index is 11.5. The Balaban J connectivity index is 1.84. The Kier molecular flexibility index (Phi) is 4.58. The molecule has 2 rings (SSSR count). The molecule has 0 aromatic carbocycles. The fourth-order valence-corrected chi connectivity index (χ4v) is 1.91. The highest BCUT2D eigenvalue weighted by Gasteiger charge is 2.28. The van der Waals surface area contributed by atoms with E-state index in [0.717, 1.165) is 36.5 Å². The molecular weight excluding hydrogens is 264 g/mol. The van der Waals surface area contributed by atoms with E-state index in [1.165, 1.54) is 0 Å². The van der Waals surface area contributed by atoms with Gasteiger partial charge >= 0.3 is 0 Å². The number of hydrogen-bond donors (Lipinski definition) is 2. The van der Waals surface area contributed by atoms with E-state index in [-0.39, 0.29) is 11.8 Å². The molecule has 1 aliphatic carbocycles. The van der Waals surface area contributed by atoms with Gasteiger partial charge in [0.05, 0.1) is 0 Å². The number of carbonyl (C=O) groups excluding carboxylic acids is 1. The van der Waals surface area contributed by atoms with Gasteiger partial charge in [-0.05, 0) is 19.8 Å². The molecule has 0 aliphatic heterocycles. The van der Waals surface area contributed by atoms with Crippen LogP contribution in [-0.2, 0) is 11.2 Å². The standard InChI is InChI=1S/C13H19ClN4O/c1-3-10-17-11(14)8(2)12(18-10)15-6-7-16-13(19)9-4-5-9/h9H,3-7H2,1-2H3,(H,16,19)(H,15,17,18). The van der Waals surface area contributed by atoms with E-state index < -0.39 is 0 Å². The molecule has 0 bridgehead atoms. The second-order valence-corrected chi connectivity index (χ2v) is 5.11. The minimum absolute atomic E-state index is 0.161. The molecule has 1 amide bonds. The minimum Gasteiger partial charge on any atom is -0.368 e. The zero-order valence-electron chi connectivity index (χ0n) is 11.3. The quantitative estimate of drug-likeness (QED) is 0.618. The van der Waals surface area contributed by atoms with Crippen LogP contribution in [0.15, 0.2) is 0 Å². The summed E-state index contributed by atoms with van der Waals surface area (Å²) in [4.78, 5) is 20.0. The molecule has 1 heterocycles. The number of anilines is 1. The van der Waals surface area contributed by atoms with Crippen LogP contribution < -0.4 is 10.6 Å². The second kappa shape index (κ2) is 6.19. The van der Waals surface area contributed by atoms with Gasteiger partial charge in [-0.1, -0.05) is 18.5 Å². The van der Waals surface area contributed by atoms with Crippen molar-refractivity contribution in [2.24, 2.45) is 5.92 Å². The van der Waals surface area contributed by atoms with Crippen molar-refractivity contribution >= 4 is 23.3 Å². The zero-order valence-corrected chi connectivity index (χ0v) is 12.0. The van der Waals surface area contributed by atoms with Gasteiger partial charge in [0.2, 0.25) is 5.91 Å². The maximum atomic E-state index is 11.5. The summed E-state index contributed by atoms with van der Waals surface area (Å²) in [6.07, 6.45) is 2.80. The molecule has 1 saturated carbocycles. The first kappa shape index (κ1) is 14.1. The van der Waals surface area contributed by atoms with Gasteiger partial charge in [0, 0.05) is 31.0 Å². The number of hydrogen-bond acceptors (Lipinski definition) is 4. The van der Waals surface area contributed by atoms with Crippen molar-refractivity contribution in [2.45, 2.75) is 33.1 Å². The molecule has 0 saturated heterocycles. The summed E-state index contributed by atoms with van der Waals surface area (Å²) in [5, 5.41) is 6.58. The van der Waals surface area contributed by atoms with Crippen molar-refractivity contribution in [3.8, 4) is 0 Å². The molecule has 5 nitrogen and oxygen atoms in total. The van der Waals surface area contributed by atoms with Crippen molar-refractivity contribution in [2.75, 3.05) is 18.4 Å². The van der Waals surface area contributed by atoms with Crippen molar-refractivity contribution in [3.63, 3.8) is 0 Å². The fourth-order valence-electron chi connectivity index (χ4n) is 1.72. The number of aromatic nitrogens is 2. The van der Waals surface area contributed by atoms with Gasteiger partial charge in [0.15, 0.2) is 0 Å². The summed E-state index contributed by atoms with van der Waals surface area (Å²) in [6.45, 7) is 5.10. The van der Waals surface area contributed by atoms with Gasteiger partial charge < -0.3 is 10.6 Å². The maximum Gasteiger partial charge on any atom is 0.223 e. The van der Waals surface area contributed by atoms with Crippen molar-refractivity contribution in [1.29, 1.82) is 0 Å². The molecule has 104 valence electrons. The highest BCUT2D eigenvalue weighted by atomic mass is 35.5. The zero-order chi connectivity index (χ0) is 13.8. The summed E-state index contributed by atoms with van der Waals surface area (Å²) >= 11 is 6.05. The molecule has 0 unspecified atom stereocenters. The number of amides is 1. The third kappa shape index (κ3) is 3.80. The van der Waals surface area contributed by atoms with Gasteiger partial charge in [-0.3, -0.25) is 4.79 Å². The average molecular weight is 283 g/mol. The monoisotopic (exact) mass is 282 g/mol. The van der Waals surface area contributed by atoms with Crippen LogP contribution in [0.1, 0.15) is 31.2 Å². The highest BCUT2D eigenvalue weighted by Crippen LogP contribution is 2.28. The van der Waals surface area contributed by atoms with E-state index in [0.29, 0.717) is 18.2 Å². The van der Waals surface area contributed by atoms with Crippen molar-refractivity contribution < 1.29 is 4.79 Å². The lowest BCUT2D eigenvalue weighted by Gasteiger charge is -2.11. The number of nitrogens with one attached hydrogen (secondary N) is 2. The SMILES string of the molecule is CCc1nc(Cl)c(C)c(NCCNC(=O)C2CC2)n1. The van der Waals surface area contributed by atoms with Crippen LogP contribution in [0, 0.1) is 12.8 Å². The molecule has 1 aromatic rings. The smallest absolute Gasteiger partial charge is 0.223 e. The van der Waals surface area contributed by atoms with E-state index in [9.17, 15) is 4.79 Å². The van der Waals surface area contributed by atoms with Crippen LogP contribution in [-0.4, -0.2) is 29.0 Å². The number of aryl methyl sites for hydroxylation is 1. The van der Waals surface area contributed by atoms with E-state index in [1.54, 1.807) is 0 Å². The summed E-state index contributed by atoms with van der Waals surface area (Å²) < 4.78 is 0. The Morgan fingerprint density at radius 1 is 1.37 bits per heavy atom. The van der Waals surface area contributed by atoms with Crippen LogP contribution in [0.5, 0.6) is 0 Å². The van der Waals surface area contributed by atoms with Gasteiger partial charge in [-0.2, -0.15) is 0 Å². The van der Waals surface area contributed by atoms with Crippen LogP contribution in [0.25, 0.3) is 0 Å². The molecule has 0 radical (unpaired) electrons. The third-order valence-electron chi connectivity index (χ3n) is 3.11. The molecule has 1 aliphatic rings. The van der Waals surface area contributed by atoms with Crippen LogP contribution in [0.3, 0.4) is 0 Å². The van der Waals surface area contributed by atoms with E-state index in [4.69, 9.17) is 11.6 Å². The minimum atomic E-state index is 0.161. The van der Waals surface area contributed by atoms with Gasteiger partial charge in [0.1, 0.15) is 16.8 Å². The van der Waals surface area contributed by atoms with Crippen LogP contribution in [0.2, 0.25) is 5.15 Å². The fraction of sp³-hybridized carbons (Fsp3) is 0.615. The molecule has 1 aromatic heterocycles. The average Bonchev–Trinajstić information content (AvgIpc) is 3.23. The largest absolute Gasteiger partial charge is 0.368 e. The lowest BCUT2D eigenvalue weighted by molar-refractivity contribution is -0.122. The van der Waals surface area contributed by atoms with Crippen LogP contribution >= 0.6 is 11.6 Å². The van der Waals surface area contributed by atoms with Crippen molar-refractivity contribution in [3.05, 3.63) is 16.5 Å². The summed E-state index contributed by atoms with van der Waals surface area (Å²) in [6, 6.07) is 0. The lowest BCUT2D eigenvalue weighted by atomic mass is 10.3. The molecule has 0 atom stereocenters. The Labute approximate surface area is 118 Å². The summed E-state index contributed by atoms with van der Waals surface area (Å²) in [7, 11) is 0. The van der Waals surface area contributed by atoms with E-state index >= 15 is 0 Å². The second-order valence-electron chi connectivity index (χ2n) is 4.75. The first-order valence-electron chi connectivity index (χ1n) is 6.66. The Morgan fingerprint density at radius 3 is 2.74 bits per heavy atom. The predicted octanol–water partition coefficient (Wildman–Crippen LogP) is 1.94. The van der Waals surface area contributed by atoms with Gasteiger partial charge in [-0.15, -0.1) is 0 Å². The molecule has 1 fully saturated rings. The molecular formula is C13H19ClN4O. The molecule has 0 spiro atoms. The molecule has 2 N–H and O–H groups in total. The van der Waals surface area contributed by atoms with Crippen molar-refractivity contribution in [1.82, 2.24) is 15.3 Å². The first-order chi connectivity index (χ1) is 9.11. The van der Waals surface area contributed by atoms with Gasteiger partial charge in [0.25, 0.3) is 0 Å².